The lowest BCUT2D eigenvalue weighted by atomic mass is 9.94. The van der Waals surface area contributed by atoms with E-state index in [2.05, 4.69) is 0 Å². The molecule has 0 aliphatic carbocycles. The number of benzene rings is 1. The van der Waals surface area contributed by atoms with Crippen LogP contribution in [-0.4, -0.2) is 21.3 Å². The molecule has 3 N–H and O–H groups in total. The number of nitrogens with two attached hydrogens (primary N) is 1. The Morgan fingerprint density at radius 1 is 1.25 bits per heavy atom. The first-order valence-electron chi connectivity index (χ1n) is 4.33. The molecule has 0 aromatic heterocycles. The Kier molecular flexibility index (Phi) is 3.78. The van der Waals surface area contributed by atoms with Crippen molar-refractivity contribution in [2.24, 2.45) is 5.73 Å². The molecule has 1 aromatic carbocycles. The van der Waals surface area contributed by atoms with E-state index in [1.165, 1.54) is 12.1 Å². The van der Waals surface area contributed by atoms with Crippen molar-refractivity contribution in [2.75, 3.05) is 0 Å². The number of halogens is 2. The number of hydrogen-bond acceptors (Lipinski definition) is 2. The molecule has 0 radical (unpaired) electrons. The van der Waals surface area contributed by atoms with Crippen molar-refractivity contribution in [2.45, 2.75) is 10.3 Å². The summed E-state index contributed by atoms with van der Waals surface area (Å²) in [6, 6.07) is 7.98. The van der Waals surface area contributed by atoms with Gasteiger partial charge in [-0.1, -0.05) is 53.5 Å². The molecule has 0 aliphatic rings. The molecular formula is C10H9Cl2NO3. The van der Waals surface area contributed by atoms with E-state index in [0.717, 1.165) is 0 Å². The zero-order valence-corrected chi connectivity index (χ0v) is 9.57. The number of carbonyl (C=O) groups is 2. The first-order valence-corrected chi connectivity index (χ1v) is 5.08. The first-order chi connectivity index (χ1) is 7.37. The Balaban J connectivity index is 3.21. The zero-order chi connectivity index (χ0) is 12.3. The largest absolute Gasteiger partial charge is 0.481 e. The van der Waals surface area contributed by atoms with Crippen molar-refractivity contribution >= 4 is 35.1 Å². The normalized spacial score (nSPS) is 13.1. The van der Waals surface area contributed by atoms with Gasteiger partial charge in [0.25, 0.3) is 5.91 Å². The first kappa shape index (κ1) is 12.8. The van der Waals surface area contributed by atoms with Crippen LogP contribution >= 0.6 is 23.2 Å². The van der Waals surface area contributed by atoms with E-state index in [1.54, 1.807) is 18.2 Å². The highest BCUT2D eigenvalue weighted by Gasteiger charge is 2.46. The number of carbonyl (C=O) groups excluding carboxylic acids is 1. The van der Waals surface area contributed by atoms with Crippen LogP contribution in [0, 0.1) is 0 Å². The molecule has 16 heavy (non-hydrogen) atoms. The maximum absolute atomic E-state index is 11.1. The third-order valence-electron chi connectivity index (χ3n) is 2.07. The summed E-state index contributed by atoms with van der Waals surface area (Å²) in [5.41, 5.74) is 5.30. The molecule has 0 heterocycles. The van der Waals surface area contributed by atoms with E-state index in [0.29, 0.717) is 5.56 Å². The van der Waals surface area contributed by atoms with Gasteiger partial charge in [0.15, 0.2) is 0 Å². The highest BCUT2D eigenvalue weighted by molar-refractivity contribution is 6.59. The van der Waals surface area contributed by atoms with Crippen LogP contribution in [-0.2, 0) is 9.59 Å². The fourth-order valence-corrected chi connectivity index (χ4v) is 1.73. The van der Waals surface area contributed by atoms with E-state index >= 15 is 0 Å². The fraction of sp³-hybridized carbons (Fsp3) is 0.200. The Morgan fingerprint density at radius 3 is 2.12 bits per heavy atom. The topological polar surface area (TPSA) is 80.4 Å². The number of aliphatic carboxylic acids is 1. The van der Waals surface area contributed by atoms with Gasteiger partial charge in [0.05, 0.1) is 0 Å². The van der Waals surface area contributed by atoms with Gasteiger partial charge in [-0.05, 0) is 5.56 Å². The van der Waals surface area contributed by atoms with Crippen LogP contribution in [0.4, 0.5) is 0 Å². The minimum atomic E-state index is -2.17. The lowest BCUT2D eigenvalue weighted by molar-refractivity contribution is -0.140. The second-order valence-corrected chi connectivity index (χ2v) is 4.55. The van der Waals surface area contributed by atoms with Crippen molar-refractivity contribution in [3.63, 3.8) is 0 Å². The third-order valence-corrected chi connectivity index (χ3v) is 2.88. The predicted molar refractivity (Wildman–Crippen MR) is 60.5 cm³/mol. The van der Waals surface area contributed by atoms with E-state index in [-0.39, 0.29) is 0 Å². The minimum absolute atomic E-state index is 0.318. The molecule has 1 atom stereocenters. The highest BCUT2D eigenvalue weighted by atomic mass is 35.5. The average Bonchev–Trinajstić information content (AvgIpc) is 2.18. The zero-order valence-electron chi connectivity index (χ0n) is 8.06. The van der Waals surface area contributed by atoms with Crippen molar-refractivity contribution in [1.82, 2.24) is 0 Å². The molecule has 1 aromatic rings. The summed E-state index contributed by atoms with van der Waals surface area (Å²) in [6.45, 7) is 0. The predicted octanol–water partition coefficient (Wildman–Crippen LogP) is 1.51. The second-order valence-electron chi connectivity index (χ2n) is 3.17. The quantitative estimate of drug-likeness (QED) is 0.807. The standard InChI is InChI=1S/C10H9Cl2NO3/c11-10(12,9(13)16)7(8(14)15)6-4-2-1-3-5-6/h1-5,7H,(H2,13,16)(H,14,15). The summed E-state index contributed by atoms with van der Waals surface area (Å²) in [7, 11) is 0. The summed E-state index contributed by atoms with van der Waals surface area (Å²) in [5, 5.41) is 9.03. The Morgan fingerprint density at radius 2 is 1.75 bits per heavy atom. The lowest BCUT2D eigenvalue weighted by Crippen LogP contribution is -2.42. The van der Waals surface area contributed by atoms with Crippen LogP contribution in [0.2, 0.25) is 0 Å². The molecule has 0 fully saturated rings. The van der Waals surface area contributed by atoms with Gasteiger partial charge in [0.2, 0.25) is 4.33 Å². The van der Waals surface area contributed by atoms with Crippen LogP contribution in [0.25, 0.3) is 0 Å². The smallest absolute Gasteiger partial charge is 0.314 e. The minimum Gasteiger partial charge on any atom is -0.481 e. The fourth-order valence-electron chi connectivity index (χ4n) is 1.29. The van der Waals surface area contributed by atoms with Crippen LogP contribution in [0.1, 0.15) is 11.5 Å². The Hall–Kier alpha value is -1.26. The van der Waals surface area contributed by atoms with Gasteiger partial charge in [0.1, 0.15) is 5.92 Å². The van der Waals surface area contributed by atoms with Crippen LogP contribution in [0.3, 0.4) is 0 Å². The van der Waals surface area contributed by atoms with Crippen molar-refractivity contribution in [3.8, 4) is 0 Å². The Labute approximate surface area is 102 Å². The summed E-state index contributed by atoms with van der Waals surface area (Å²) in [6.07, 6.45) is 0. The molecule has 0 aliphatic heterocycles. The molecule has 1 amide bonds. The number of rotatable bonds is 4. The molecule has 1 unspecified atom stereocenters. The SMILES string of the molecule is NC(=O)C(Cl)(Cl)C(C(=O)O)c1ccccc1. The van der Waals surface area contributed by atoms with E-state index in [1.807, 2.05) is 0 Å². The maximum atomic E-state index is 11.1. The lowest BCUT2D eigenvalue weighted by Gasteiger charge is -2.23. The van der Waals surface area contributed by atoms with Gasteiger partial charge < -0.3 is 10.8 Å². The molecule has 4 nitrogen and oxygen atoms in total. The van der Waals surface area contributed by atoms with Gasteiger partial charge in [-0.2, -0.15) is 0 Å². The molecule has 86 valence electrons. The van der Waals surface area contributed by atoms with E-state index in [4.69, 9.17) is 34.0 Å². The third kappa shape index (κ3) is 2.46. The molecule has 1 rings (SSSR count). The monoisotopic (exact) mass is 261 g/mol. The van der Waals surface area contributed by atoms with Crippen molar-refractivity contribution in [1.29, 1.82) is 0 Å². The number of hydrogen-bond donors (Lipinski definition) is 2. The van der Waals surface area contributed by atoms with Gasteiger partial charge in [-0.25, -0.2) is 0 Å². The van der Waals surface area contributed by atoms with Gasteiger partial charge in [-0.3, -0.25) is 9.59 Å². The summed E-state index contributed by atoms with van der Waals surface area (Å²) in [5.74, 6) is -3.79. The molecule has 0 spiro atoms. The van der Waals surface area contributed by atoms with Gasteiger partial charge in [-0.15, -0.1) is 0 Å². The summed E-state index contributed by atoms with van der Waals surface area (Å²) >= 11 is 11.4. The second kappa shape index (κ2) is 4.72. The van der Waals surface area contributed by atoms with E-state index < -0.39 is 22.1 Å². The summed E-state index contributed by atoms with van der Waals surface area (Å²) in [4.78, 5) is 22.1. The van der Waals surface area contributed by atoms with Crippen LogP contribution in [0.5, 0.6) is 0 Å². The maximum Gasteiger partial charge on any atom is 0.314 e. The molecular weight excluding hydrogens is 253 g/mol. The van der Waals surface area contributed by atoms with Crippen LogP contribution in [0.15, 0.2) is 30.3 Å². The molecule has 0 saturated carbocycles. The number of primary amides is 1. The Bertz CT molecular complexity index is 406. The number of carboxylic acids is 1. The van der Waals surface area contributed by atoms with E-state index in [9.17, 15) is 9.59 Å². The van der Waals surface area contributed by atoms with Gasteiger partial charge in [0, 0.05) is 0 Å². The number of amides is 1. The molecule has 0 saturated heterocycles. The molecule has 6 heteroatoms. The van der Waals surface area contributed by atoms with Crippen molar-refractivity contribution < 1.29 is 14.7 Å². The number of carboxylic acid groups (broad SMARTS) is 1. The number of alkyl halides is 2. The summed E-state index contributed by atoms with van der Waals surface area (Å²) < 4.78 is -2.17. The molecule has 0 bridgehead atoms. The average molecular weight is 262 g/mol. The highest BCUT2D eigenvalue weighted by Crippen LogP contribution is 2.37. The van der Waals surface area contributed by atoms with Gasteiger partial charge >= 0.3 is 5.97 Å². The van der Waals surface area contributed by atoms with Crippen molar-refractivity contribution in [3.05, 3.63) is 35.9 Å². The van der Waals surface area contributed by atoms with Crippen LogP contribution < -0.4 is 5.73 Å².